The molecule has 0 saturated carbocycles. The minimum absolute atomic E-state index is 0.116. The van der Waals surface area contributed by atoms with Crippen LogP contribution in [0, 0.1) is 23.5 Å². The predicted octanol–water partition coefficient (Wildman–Crippen LogP) is 1.42. The van der Waals surface area contributed by atoms with Crippen molar-refractivity contribution in [1.29, 1.82) is 0 Å². The normalized spacial score (nSPS) is 9.35. The summed E-state index contributed by atoms with van der Waals surface area (Å²) in [5.74, 6) is 3.54. The van der Waals surface area contributed by atoms with E-state index < -0.39 is 11.6 Å². The Kier molecular flexibility index (Phi) is 4.46. The van der Waals surface area contributed by atoms with Crippen molar-refractivity contribution in [2.45, 2.75) is 13.3 Å². The van der Waals surface area contributed by atoms with Gasteiger partial charge in [0, 0.05) is 26.0 Å². The maximum absolute atomic E-state index is 13.0. The van der Waals surface area contributed by atoms with E-state index in [-0.39, 0.29) is 17.2 Å². The molecule has 0 aromatic heterocycles. The highest BCUT2D eigenvalue weighted by Crippen LogP contribution is 2.16. The Morgan fingerprint density at radius 2 is 2.18 bits per heavy atom. The third-order valence-corrected chi connectivity index (χ3v) is 1.94. The van der Waals surface area contributed by atoms with E-state index in [0.29, 0.717) is 19.0 Å². The maximum Gasteiger partial charge on any atom is 0.216 e. The van der Waals surface area contributed by atoms with Crippen LogP contribution >= 0.6 is 0 Å². The predicted molar refractivity (Wildman–Crippen MR) is 60.9 cm³/mol. The average Bonchev–Trinajstić information content (AvgIpc) is 2.23. The van der Waals surface area contributed by atoms with Crippen molar-refractivity contribution < 1.29 is 13.6 Å². The van der Waals surface area contributed by atoms with Gasteiger partial charge in [0.2, 0.25) is 5.91 Å². The summed E-state index contributed by atoms with van der Waals surface area (Å²) in [7, 11) is 0. The number of carbonyl (C=O) groups is 1. The van der Waals surface area contributed by atoms with Crippen LogP contribution in [0.1, 0.15) is 18.9 Å². The van der Waals surface area contributed by atoms with E-state index in [2.05, 4.69) is 17.2 Å². The molecule has 1 aromatic carbocycles. The zero-order chi connectivity index (χ0) is 12.8. The number of halogens is 2. The van der Waals surface area contributed by atoms with Gasteiger partial charge in [0.25, 0.3) is 0 Å². The van der Waals surface area contributed by atoms with Gasteiger partial charge in [-0.15, -0.1) is 0 Å². The summed E-state index contributed by atoms with van der Waals surface area (Å²) in [6.45, 7) is 1.79. The van der Waals surface area contributed by atoms with Gasteiger partial charge in [-0.1, -0.05) is 11.8 Å². The van der Waals surface area contributed by atoms with E-state index in [0.717, 1.165) is 6.07 Å². The second-order valence-corrected chi connectivity index (χ2v) is 3.38. The number of carbonyl (C=O) groups excluding carboxylic acids is 1. The molecule has 1 amide bonds. The lowest BCUT2D eigenvalue weighted by molar-refractivity contribution is -0.118. The number of benzene rings is 1. The Bertz CT molecular complexity index is 489. The first-order valence-corrected chi connectivity index (χ1v) is 4.98. The molecule has 0 aliphatic carbocycles. The molecule has 0 atom stereocenters. The Hall–Kier alpha value is -2.09. The fourth-order valence-corrected chi connectivity index (χ4v) is 1.15. The van der Waals surface area contributed by atoms with Gasteiger partial charge in [-0.05, 0) is 6.07 Å². The molecule has 90 valence electrons. The van der Waals surface area contributed by atoms with Crippen molar-refractivity contribution in [2.75, 3.05) is 12.3 Å². The second kappa shape index (κ2) is 5.85. The zero-order valence-electron chi connectivity index (χ0n) is 9.31. The lowest BCUT2D eigenvalue weighted by atomic mass is 10.1. The minimum Gasteiger partial charge on any atom is -0.395 e. The molecule has 1 rings (SSSR count). The molecule has 0 unspecified atom stereocenters. The Morgan fingerprint density at radius 1 is 1.47 bits per heavy atom. The van der Waals surface area contributed by atoms with Gasteiger partial charge in [0.1, 0.15) is 11.6 Å². The minimum atomic E-state index is -0.823. The molecule has 0 bridgehead atoms. The van der Waals surface area contributed by atoms with Crippen LogP contribution in [0.15, 0.2) is 12.1 Å². The first-order chi connectivity index (χ1) is 8.00. The SMILES string of the molecule is CC(=O)NCCC#Cc1cc(F)cc(F)c1N. The molecule has 17 heavy (non-hydrogen) atoms. The summed E-state index contributed by atoms with van der Waals surface area (Å²) in [5, 5.41) is 2.55. The molecule has 0 radical (unpaired) electrons. The Morgan fingerprint density at radius 3 is 2.82 bits per heavy atom. The van der Waals surface area contributed by atoms with Crippen LogP contribution in [0.2, 0.25) is 0 Å². The van der Waals surface area contributed by atoms with Gasteiger partial charge < -0.3 is 11.1 Å². The molecule has 0 heterocycles. The highest BCUT2D eigenvalue weighted by molar-refractivity contribution is 5.72. The van der Waals surface area contributed by atoms with Crippen LogP contribution < -0.4 is 11.1 Å². The summed E-state index contributed by atoms with van der Waals surface area (Å²) in [4.78, 5) is 10.5. The highest BCUT2D eigenvalue weighted by atomic mass is 19.1. The number of rotatable bonds is 2. The fourth-order valence-electron chi connectivity index (χ4n) is 1.15. The number of hydrogen-bond donors (Lipinski definition) is 2. The first kappa shape index (κ1) is 13.0. The molecule has 0 aliphatic heterocycles. The summed E-state index contributed by atoms with van der Waals surface area (Å²) < 4.78 is 25.9. The summed E-state index contributed by atoms with van der Waals surface area (Å²) >= 11 is 0. The first-order valence-electron chi connectivity index (χ1n) is 4.98. The molecule has 0 fully saturated rings. The second-order valence-electron chi connectivity index (χ2n) is 3.38. The third kappa shape index (κ3) is 4.11. The van der Waals surface area contributed by atoms with Crippen LogP contribution in [-0.4, -0.2) is 12.5 Å². The largest absolute Gasteiger partial charge is 0.395 e. The van der Waals surface area contributed by atoms with Crippen molar-refractivity contribution in [2.24, 2.45) is 0 Å². The van der Waals surface area contributed by atoms with Crippen molar-refractivity contribution in [3.8, 4) is 11.8 Å². The van der Waals surface area contributed by atoms with Crippen molar-refractivity contribution in [3.63, 3.8) is 0 Å². The van der Waals surface area contributed by atoms with E-state index in [9.17, 15) is 13.6 Å². The third-order valence-electron chi connectivity index (χ3n) is 1.94. The van der Waals surface area contributed by atoms with E-state index in [1.807, 2.05) is 0 Å². The van der Waals surface area contributed by atoms with Gasteiger partial charge in [-0.25, -0.2) is 8.78 Å². The van der Waals surface area contributed by atoms with Gasteiger partial charge in [-0.2, -0.15) is 0 Å². The molecule has 5 heteroatoms. The Balaban J connectivity index is 2.68. The monoisotopic (exact) mass is 238 g/mol. The van der Waals surface area contributed by atoms with E-state index in [1.54, 1.807) is 0 Å². The number of amides is 1. The average molecular weight is 238 g/mol. The van der Waals surface area contributed by atoms with Crippen LogP contribution in [0.4, 0.5) is 14.5 Å². The van der Waals surface area contributed by atoms with Gasteiger partial charge in [0.15, 0.2) is 0 Å². The van der Waals surface area contributed by atoms with Crippen LogP contribution in [0.25, 0.3) is 0 Å². The molecule has 3 N–H and O–H groups in total. The van der Waals surface area contributed by atoms with Crippen molar-refractivity contribution in [3.05, 3.63) is 29.3 Å². The molecule has 1 aromatic rings. The van der Waals surface area contributed by atoms with Crippen LogP contribution in [-0.2, 0) is 4.79 Å². The fraction of sp³-hybridized carbons (Fsp3) is 0.250. The number of nitrogens with two attached hydrogens (primary N) is 1. The number of hydrogen-bond acceptors (Lipinski definition) is 2. The molecule has 0 saturated heterocycles. The number of nitrogen functional groups attached to an aromatic ring is 1. The standard InChI is InChI=1S/C12H12F2N2O/c1-8(17)16-5-3-2-4-9-6-10(13)7-11(14)12(9)15/h6-7H,3,5,15H2,1H3,(H,16,17). The zero-order valence-corrected chi connectivity index (χ0v) is 9.31. The topological polar surface area (TPSA) is 55.1 Å². The lowest BCUT2D eigenvalue weighted by Gasteiger charge is -2.00. The number of nitrogens with one attached hydrogen (secondary N) is 1. The molecule has 0 aliphatic rings. The van der Waals surface area contributed by atoms with E-state index in [4.69, 9.17) is 5.73 Å². The summed E-state index contributed by atoms with van der Waals surface area (Å²) in [5.41, 5.74) is 5.35. The van der Waals surface area contributed by atoms with Crippen molar-refractivity contribution in [1.82, 2.24) is 5.32 Å². The quantitative estimate of drug-likeness (QED) is 0.465. The highest BCUT2D eigenvalue weighted by Gasteiger charge is 2.05. The Labute approximate surface area is 98.0 Å². The van der Waals surface area contributed by atoms with Crippen molar-refractivity contribution >= 4 is 11.6 Å². The van der Waals surface area contributed by atoms with Crippen LogP contribution in [0.5, 0.6) is 0 Å². The van der Waals surface area contributed by atoms with E-state index >= 15 is 0 Å². The van der Waals surface area contributed by atoms with Gasteiger partial charge >= 0.3 is 0 Å². The molecular weight excluding hydrogens is 226 g/mol. The van der Waals surface area contributed by atoms with Crippen LogP contribution in [0.3, 0.4) is 0 Å². The molecule has 3 nitrogen and oxygen atoms in total. The maximum atomic E-state index is 13.0. The summed E-state index contributed by atoms with van der Waals surface area (Å²) in [6.07, 6.45) is 0.386. The number of anilines is 1. The van der Waals surface area contributed by atoms with Gasteiger partial charge in [0.05, 0.1) is 11.3 Å². The van der Waals surface area contributed by atoms with Gasteiger partial charge in [-0.3, -0.25) is 4.79 Å². The molecular formula is C12H12F2N2O. The smallest absolute Gasteiger partial charge is 0.216 e. The summed E-state index contributed by atoms with van der Waals surface area (Å²) in [6, 6.07) is 1.78. The molecule has 0 spiro atoms. The van der Waals surface area contributed by atoms with E-state index in [1.165, 1.54) is 6.92 Å². The lowest BCUT2D eigenvalue weighted by Crippen LogP contribution is -2.20.